The molecule has 2 heterocycles. The Morgan fingerprint density at radius 3 is 2.71 bits per heavy atom. The van der Waals surface area contributed by atoms with Gasteiger partial charge in [0, 0.05) is 31.5 Å². The summed E-state index contributed by atoms with van der Waals surface area (Å²) < 4.78 is 0. The van der Waals surface area contributed by atoms with Crippen molar-refractivity contribution >= 4 is 11.9 Å². The Kier molecular flexibility index (Phi) is 4.08. The van der Waals surface area contributed by atoms with Crippen LogP contribution in [0.2, 0.25) is 0 Å². The Hall–Kier alpha value is -1.65. The van der Waals surface area contributed by atoms with Gasteiger partial charge in [0.15, 0.2) is 0 Å². The fourth-order valence-electron chi connectivity index (χ4n) is 3.48. The standard InChI is InChI=1S/C16H24N4O/c1-16(14(21)19-13-6-2-3-7-13)8-4-11-20(12-16)15-17-9-5-10-18-15/h5,9-10,13H,2-4,6-8,11-12H2,1H3,(H,19,21)/t16-/m1/s1. The smallest absolute Gasteiger partial charge is 0.227 e. The van der Waals surface area contributed by atoms with E-state index in [2.05, 4.69) is 27.1 Å². The van der Waals surface area contributed by atoms with Crippen LogP contribution in [0.4, 0.5) is 5.95 Å². The minimum atomic E-state index is -0.333. The van der Waals surface area contributed by atoms with Gasteiger partial charge in [0.1, 0.15) is 0 Å². The largest absolute Gasteiger partial charge is 0.353 e. The van der Waals surface area contributed by atoms with E-state index in [9.17, 15) is 4.79 Å². The van der Waals surface area contributed by atoms with Gasteiger partial charge < -0.3 is 10.2 Å². The highest BCUT2D eigenvalue weighted by atomic mass is 16.2. The molecule has 1 aliphatic heterocycles. The molecule has 5 heteroatoms. The van der Waals surface area contributed by atoms with E-state index in [1.54, 1.807) is 12.4 Å². The first-order valence-electron chi connectivity index (χ1n) is 8.00. The van der Waals surface area contributed by atoms with Gasteiger partial charge in [0.25, 0.3) is 0 Å². The molecule has 1 amide bonds. The molecule has 2 fully saturated rings. The predicted octanol–water partition coefficient (Wildman–Crippen LogP) is 2.14. The molecule has 1 aromatic rings. The van der Waals surface area contributed by atoms with Gasteiger partial charge in [-0.3, -0.25) is 4.79 Å². The lowest BCUT2D eigenvalue weighted by atomic mass is 9.81. The summed E-state index contributed by atoms with van der Waals surface area (Å²) in [6, 6.07) is 2.21. The maximum atomic E-state index is 12.7. The summed E-state index contributed by atoms with van der Waals surface area (Å²) in [5.74, 6) is 0.937. The van der Waals surface area contributed by atoms with Crippen LogP contribution >= 0.6 is 0 Å². The van der Waals surface area contributed by atoms with Gasteiger partial charge in [-0.2, -0.15) is 0 Å². The Balaban J connectivity index is 1.67. The second-order valence-corrected chi connectivity index (χ2v) is 6.59. The van der Waals surface area contributed by atoms with E-state index < -0.39 is 0 Å². The number of carbonyl (C=O) groups excluding carboxylic acids is 1. The maximum absolute atomic E-state index is 12.7. The van der Waals surface area contributed by atoms with Crippen LogP contribution in [0.1, 0.15) is 45.4 Å². The number of rotatable bonds is 3. The molecule has 1 aliphatic carbocycles. The molecule has 2 aliphatic rings. The zero-order chi connectivity index (χ0) is 14.7. The van der Waals surface area contributed by atoms with E-state index in [4.69, 9.17) is 0 Å². The molecule has 0 spiro atoms. The van der Waals surface area contributed by atoms with E-state index in [0.717, 1.165) is 38.2 Å². The summed E-state index contributed by atoms with van der Waals surface area (Å²) in [6.45, 7) is 3.71. The van der Waals surface area contributed by atoms with Crippen LogP contribution in [-0.2, 0) is 4.79 Å². The summed E-state index contributed by atoms with van der Waals surface area (Å²) in [4.78, 5) is 23.4. The molecular formula is C16H24N4O. The van der Waals surface area contributed by atoms with E-state index >= 15 is 0 Å². The molecule has 0 aromatic carbocycles. The van der Waals surface area contributed by atoms with Crippen molar-refractivity contribution < 1.29 is 4.79 Å². The molecule has 3 rings (SSSR count). The van der Waals surface area contributed by atoms with Crippen molar-refractivity contribution in [3.63, 3.8) is 0 Å². The molecule has 5 nitrogen and oxygen atoms in total. The van der Waals surface area contributed by atoms with Crippen LogP contribution in [0.15, 0.2) is 18.5 Å². The highest BCUT2D eigenvalue weighted by Gasteiger charge is 2.39. The zero-order valence-electron chi connectivity index (χ0n) is 12.7. The molecule has 114 valence electrons. The van der Waals surface area contributed by atoms with E-state index in [1.165, 1.54) is 12.8 Å². The number of carbonyl (C=O) groups is 1. The number of nitrogens with one attached hydrogen (secondary N) is 1. The first kappa shape index (κ1) is 14.3. The molecule has 1 saturated heterocycles. The van der Waals surface area contributed by atoms with Gasteiger partial charge in [-0.25, -0.2) is 9.97 Å². The van der Waals surface area contributed by atoms with Crippen LogP contribution in [0.5, 0.6) is 0 Å². The lowest BCUT2D eigenvalue weighted by Gasteiger charge is -2.39. The van der Waals surface area contributed by atoms with Gasteiger partial charge in [0.2, 0.25) is 11.9 Å². The third-order valence-electron chi connectivity index (χ3n) is 4.77. The highest BCUT2D eigenvalue weighted by Crippen LogP contribution is 2.32. The van der Waals surface area contributed by atoms with Gasteiger partial charge in [-0.15, -0.1) is 0 Å². The third kappa shape index (κ3) is 3.17. The van der Waals surface area contributed by atoms with E-state index in [-0.39, 0.29) is 11.3 Å². The molecular weight excluding hydrogens is 264 g/mol. The minimum absolute atomic E-state index is 0.204. The Morgan fingerprint density at radius 2 is 2.00 bits per heavy atom. The molecule has 1 N–H and O–H groups in total. The van der Waals surface area contributed by atoms with Crippen molar-refractivity contribution in [3.05, 3.63) is 18.5 Å². The number of hydrogen-bond donors (Lipinski definition) is 1. The van der Waals surface area contributed by atoms with Gasteiger partial charge in [-0.1, -0.05) is 12.8 Å². The molecule has 0 radical (unpaired) electrons. The molecule has 0 unspecified atom stereocenters. The van der Waals surface area contributed by atoms with E-state index in [0.29, 0.717) is 12.6 Å². The summed E-state index contributed by atoms with van der Waals surface area (Å²) in [6.07, 6.45) is 10.2. The van der Waals surface area contributed by atoms with Gasteiger partial charge in [0.05, 0.1) is 5.41 Å². The normalized spacial score (nSPS) is 26.8. The summed E-state index contributed by atoms with van der Waals surface area (Å²) in [7, 11) is 0. The van der Waals surface area contributed by atoms with Crippen LogP contribution < -0.4 is 10.2 Å². The average Bonchev–Trinajstić information content (AvgIpc) is 3.01. The average molecular weight is 288 g/mol. The fourth-order valence-corrected chi connectivity index (χ4v) is 3.48. The van der Waals surface area contributed by atoms with Crippen molar-refractivity contribution in [1.82, 2.24) is 15.3 Å². The molecule has 1 aromatic heterocycles. The zero-order valence-corrected chi connectivity index (χ0v) is 12.7. The van der Waals surface area contributed by atoms with Gasteiger partial charge in [-0.05, 0) is 38.7 Å². The Labute approximate surface area is 126 Å². The monoisotopic (exact) mass is 288 g/mol. The minimum Gasteiger partial charge on any atom is -0.353 e. The van der Waals surface area contributed by atoms with Crippen molar-refractivity contribution in [3.8, 4) is 0 Å². The molecule has 0 bridgehead atoms. The number of aromatic nitrogens is 2. The first-order chi connectivity index (χ1) is 10.2. The lowest BCUT2D eigenvalue weighted by molar-refractivity contribution is -0.131. The number of hydrogen-bond acceptors (Lipinski definition) is 4. The number of amides is 1. The number of piperidine rings is 1. The van der Waals surface area contributed by atoms with Crippen LogP contribution in [0, 0.1) is 5.41 Å². The van der Waals surface area contributed by atoms with Crippen molar-refractivity contribution in [1.29, 1.82) is 0 Å². The van der Waals surface area contributed by atoms with Crippen LogP contribution in [0.25, 0.3) is 0 Å². The van der Waals surface area contributed by atoms with Crippen LogP contribution in [-0.4, -0.2) is 35.0 Å². The second kappa shape index (κ2) is 6.00. The molecule has 1 saturated carbocycles. The van der Waals surface area contributed by atoms with E-state index in [1.807, 2.05) is 6.07 Å². The number of anilines is 1. The van der Waals surface area contributed by atoms with Crippen molar-refractivity contribution in [2.24, 2.45) is 5.41 Å². The quantitative estimate of drug-likeness (QED) is 0.926. The summed E-state index contributed by atoms with van der Waals surface area (Å²) in [5, 5.41) is 3.25. The number of nitrogens with zero attached hydrogens (tertiary/aromatic N) is 3. The molecule has 21 heavy (non-hydrogen) atoms. The third-order valence-corrected chi connectivity index (χ3v) is 4.77. The summed E-state index contributed by atoms with van der Waals surface area (Å²) >= 11 is 0. The van der Waals surface area contributed by atoms with Crippen LogP contribution in [0.3, 0.4) is 0 Å². The molecule has 1 atom stereocenters. The van der Waals surface area contributed by atoms with Crippen molar-refractivity contribution in [2.75, 3.05) is 18.0 Å². The predicted molar refractivity (Wildman–Crippen MR) is 82.0 cm³/mol. The van der Waals surface area contributed by atoms with Gasteiger partial charge >= 0.3 is 0 Å². The topological polar surface area (TPSA) is 58.1 Å². The second-order valence-electron chi connectivity index (χ2n) is 6.59. The summed E-state index contributed by atoms with van der Waals surface area (Å²) in [5.41, 5.74) is -0.333. The Bertz CT molecular complexity index is 486. The first-order valence-corrected chi connectivity index (χ1v) is 8.00. The Morgan fingerprint density at radius 1 is 1.29 bits per heavy atom. The maximum Gasteiger partial charge on any atom is 0.227 e. The fraction of sp³-hybridized carbons (Fsp3) is 0.688. The highest BCUT2D eigenvalue weighted by molar-refractivity contribution is 5.83. The van der Waals surface area contributed by atoms with Crippen molar-refractivity contribution in [2.45, 2.75) is 51.5 Å². The SMILES string of the molecule is C[C@@]1(C(=O)NC2CCCC2)CCCN(c2ncccn2)C1. The lowest BCUT2D eigenvalue weighted by Crippen LogP contribution is -2.52.